The Kier molecular flexibility index (Phi) is 4.55. The minimum Gasteiger partial charge on any atom is -0.489 e. The molecule has 0 unspecified atom stereocenters. The van der Waals surface area contributed by atoms with E-state index in [0.29, 0.717) is 11.3 Å². The Hall–Kier alpha value is -2.40. The Morgan fingerprint density at radius 1 is 1.29 bits per heavy atom. The predicted molar refractivity (Wildman–Crippen MR) is 76.7 cm³/mol. The summed E-state index contributed by atoms with van der Waals surface area (Å²) in [6.07, 6.45) is 0. The number of aromatic carboxylic acids is 1. The molecule has 2 aromatic rings. The lowest BCUT2D eigenvalue weighted by molar-refractivity contribution is 0.0697. The highest BCUT2D eigenvalue weighted by molar-refractivity contribution is 5.87. The number of carboxylic acids is 1. The van der Waals surface area contributed by atoms with E-state index >= 15 is 0 Å². The Bertz CT molecular complexity index is 638. The minimum atomic E-state index is -0.972. The molecule has 2 rings (SSSR count). The molecule has 2 aromatic carbocycles. The smallest absolute Gasteiger partial charge is 0.335 e. The van der Waals surface area contributed by atoms with E-state index in [2.05, 4.69) is 0 Å². The van der Waals surface area contributed by atoms with Gasteiger partial charge in [0.25, 0.3) is 0 Å². The van der Waals surface area contributed by atoms with Crippen molar-refractivity contribution in [2.75, 3.05) is 0 Å². The van der Waals surface area contributed by atoms with E-state index in [-0.39, 0.29) is 24.0 Å². The zero-order valence-corrected chi connectivity index (χ0v) is 11.5. The molecular formula is C16H16FNO3. The average molecular weight is 289 g/mol. The van der Waals surface area contributed by atoms with Crippen LogP contribution in [-0.2, 0) is 6.61 Å². The minimum absolute atomic E-state index is 0.219. The van der Waals surface area contributed by atoms with Gasteiger partial charge in [-0.1, -0.05) is 12.1 Å². The molecule has 4 nitrogen and oxygen atoms in total. The molecule has 110 valence electrons. The Balaban J connectivity index is 2.11. The number of carboxylic acid groups (broad SMARTS) is 1. The van der Waals surface area contributed by atoms with Gasteiger partial charge >= 0.3 is 5.97 Å². The monoisotopic (exact) mass is 289 g/mol. The maximum atomic E-state index is 13.2. The van der Waals surface area contributed by atoms with Crippen molar-refractivity contribution in [3.8, 4) is 5.75 Å². The molecule has 0 heterocycles. The molecule has 0 aromatic heterocycles. The van der Waals surface area contributed by atoms with Crippen molar-refractivity contribution in [2.45, 2.75) is 19.6 Å². The maximum absolute atomic E-state index is 13.2. The van der Waals surface area contributed by atoms with Crippen molar-refractivity contribution in [1.82, 2.24) is 0 Å². The van der Waals surface area contributed by atoms with Crippen molar-refractivity contribution in [3.63, 3.8) is 0 Å². The molecule has 0 aliphatic heterocycles. The van der Waals surface area contributed by atoms with Gasteiger partial charge in [-0.25, -0.2) is 9.18 Å². The summed E-state index contributed by atoms with van der Waals surface area (Å²) in [5, 5.41) is 8.83. The molecule has 0 aliphatic carbocycles. The SMILES string of the molecule is C[C@@H](N)c1cc(F)ccc1OCc1ccc(C(=O)O)cc1. The highest BCUT2D eigenvalue weighted by Crippen LogP contribution is 2.25. The van der Waals surface area contributed by atoms with Crippen LogP contribution in [0.5, 0.6) is 5.75 Å². The molecule has 0 fully saturated rings. The van der Waals surface area contributed by atoms with Crippen molar-refractivity contribution in [3.05, 3.63) is 65.0 Å². The molecule has 0 saturated heterocycles. The molecule has 0 bridgehead atoms. The van der Waals surface area contributed by atoms with Crippen LogP contribution in [0.3, 0.4) is 0 Å². The van der Waals surface area contributed by atoms with E-state index in [0.717, 1.165) is 5.56 Å². The van der Waals surface area contributed by atoms with E-state index in [1.54, 1.807) is 25.1 Å². The standard InChI is InChI=1S/C16H16FNO3/c1-10(18)14-8-13(17)6-7-15(14)21-9-11-2-4-12(5-3-11)16(19)20/h2-8,10H,9,18H2,1H3,(H,19,20)/t10-/m1/s1. The van der Waals surface area contributed by atoms with E-state index in [1.165, 1.54) is 24.3 Å². The number of hydrogen-bond acceptors (Lipinski definition) is 3. The first-order valence-corrected chi connectivity index (χ1v) is 6.47. The zero-order chi connectivity index (χ0) is 15.4. The highest BCUT2D eigenvalue weighted by atomic mass is 19.1. The first kappa shape index (κ1) is 15.0. The lowest BCUT2D eigenvalue weighted by Gasteiger charge is -2.14. The lowest BCUT2D eigenvalue weighted by Crippen LogP contribution is -2.08. The normalized spacial score (nSPS) is 12.0. The number of carbonyl (C=O) groups is 1. The van der Waals surface area contributed by atoms with Crippen LogP contribution < -0.4 is 10.5 Å². The average Bonchev–Trinajstić information content (AvgIpc) is 2.46. The quantitative estimate of drug-likeness (QED) is 0.887. The number of nitrogens with two attached hydrogens (primary N) is 1. The Labute approximate surface area is 122 Å². The number of hydrogen-bond donors (Lipinski definition) is 2. The number of rotatable bonds is 5. The van der Waals surface area contributed by atoms with Gasteiger partial charge in [0.15, 0.2) is 0 Å². The van der Waals surface area contributed by atoms with Gasteiger partial charge in [-0.3, -0.25) is 0 Å². The largest absolute Gasteiger partial charge is 0.489 e. The predicted octanol–water partition coefficient (Wildman–Crippen LogP) is 3.12. The molecule has 0 saturated carbocycles. The van der Waals surface area contributed by atoms with Gasteiger partial charge in [0.2, 0.25) is 0 Å². The summed E-state index contributed by atoms with van der Waals surface area (Å²) >= 11 is 0. The third-order valence-corrected chi connectivity index (χ3v) is 3.06. The molecule has 1 atom stereocenters. The van der Waals surface area contributed by atoms with Crippen LogP contribution in [-0.4, -0.2) is 11.1 Å². The van der Waals surface area contributed by atoms with Gasteiger partial charge in [-0.05, 0) is 42.8 Å². The first-order chi connectivity index (χ1) is 9.97. The van der Waals surface area contributed by atoms with Crippen molar-refractivity contribution < 1.29 is 19.0 Å². The molecular weight excluding hydrogens is 273 g/mol. The lowest BCUT2D eigenvalue weighted by atomic mass is 10.1. The van der Waals surface area contributed by atoms with Crippen molar-refractivity contribution in [2.24, 2.45) is 5.73 Å². The fourth-order valence-electron chi connectivity index (χ4n) is 1.91. The zero-order valence-electron chi connectivity index (χ0n) is 11.5. The summed E-state index contributed by atoms with van der Waals surface area (Å²) in [5.41, 5.74) is 7.43. The second kappa shape index (κ2) is 6.37. The second-order valence-corrected chi connectivity index (χ2v) is 4.76. The fraction of sp³-hybridized carbons (Fsp3) is 0.188. The van der Waals surface area contributed by atoms with Crippen molar-refractivity contribution >= 4 is 5.97 Å². The molecule has 21 heavy (non-hydrogen) atoms. The second-order valence-electron chi connectivity index (χ2n) is 4.76. The van der Waals surface area contributed by atoms with Crippen LogP contribution in [0.1, 0.15) is 34.5 Å². The summed E-state index contributed by atoms with van der Waals surface area (Å²) in [6.45, 7) is 2.01. The molecule has 0 aliphatic rings. The van der Waals surface area contributed by atoms with E-state index in [4.69, 9.17) is 15.6 Å². The summed E-state index contributed by atoms with van der Waals surface area (Å²) in [4.78, 5) is 10.8. The van der Waals surface area contributed by atoms with Crippen molar-refractivity contribution in [1.29, 1.82) is 0 Å². The number of benzene rings is 2. The third kappa shape index (κ3) is 3.79. The molecule has 0 amide bonds. The molecule has 3 N–H and O–H groups in total. The van der Waals surface area contributed by atoms with Crippen LogP contribution in [0.15, 0.2) is 42.5 Å². The van der Waals surface area contributed by atoms with Gasteiger partial charge in [-0.2, -0.15) is 0 Å². The Morgan fingerprint density at radius 3 is 2.52 bits per heavy atom. The maximum Gasteiger partial charge on any atom is 0.335 e. The van der Waals surface area contributed by atoms with Gasteiger partial charge < -0.3 is 15.6 Å². The molecule has 0 radical (unpaired) electrons. The number of ether oxygens (including phenoxy) is 1. The summed E-state index contributed by atoms with van der Waals surface area (Å²) < 4.78 is 18.9. The highest BCUT2D eigenvalue weighted by Gasteiger charge is 2.10. The van der Waals surface area contributed by atoms with Crippen LogP contribution in [0.25, 0.3) is 0 Å². The van der Waals surface area contributed by atoms with Gasteiger partial charge in [0, 0.05) is 11.6 Å². The van der Waals surface area contributed by atoms with Crippen LogP contribution in [0, 0.1) is 5.82 Å². The van der Waals surface area contributed by atoms with E-state index in [9.17, 15) is 9.18 Å². The fourth-order valence-corrected chi connectivity index (χ4v) is 1.91. The van der Waals surface area contributed by atoms with Gasteiger partial charge in [0.05, 0.1) is 5.56 Å². The molecule has 5 heteroatoms. The van der Waals surface area contributed by atoms with Crippen LogP contribution in [0.4, 0.5) is 4.39 Å². The van der Waals surface area contributed by atoms with Gasteiger partial charge in [0.1, 0.15) is 18.2 Å². The summed E-state index contributed by atoms with van der Waals surface area (Å²) in [7, 11) is 0. The van der Waals surface area contributed by atoms with E-state index < -0.39 is 5.97 Å². The molecule has 0 spiro atoms. The first-order valence-electron chi connectivity index (χ1n) is 6.47. The Morgan fingerprint density at radius 2 is 1.95 bits per heavy atom. The number of halogens is 1. The summed E-state index contributed by atoms with van der Waals surface area (Å²) in [5.74, 6) is -0.811. The topological polar surface area (TPSA) is 72.5 Å². The van der Waals surface area contributed by atoms with Gasteiger partial charge in [-0.15, -0.1) is 0 Å². The van der Waals surface area contributed by atoms with E-state index in [1.807, 2.05) is 0 Å². The van der Waals surface area contributed by atoms with Crippen LogP contribution >= 0.6 is 0 Å². The summed E-state index contributed by atoms with van der Waals surface area (Å²) in [6, 6.07) is 10.3. The third-order valence-electron chi connectivity index (χ3n) is 3.06. The van der Waals surface area contributed by atoms with Crippen LogP contribution in [0.2, 0.25) is 0 Å².